The van der Waals surface area contributed by atoms with E-state index in [1.54, 1.807) is 26.8 Å². The Labute approximate surface area is 144 Å². The van der Waals surface area contributed by atoms with Crippen molar-refractivity contribution in [3.05, 3.63) is 28.2 Å². The van der Waals surface area contributed by atoms with Gasteiger partial charge in [0.25, 0.3) is 0 Å². The van der Waals surface area contributed by atoms with E-state index in [2.05, 4.69) is 21.2 Å². The second-order valence-electron chi connectivity index (χ2n) is 6.13. The van der Waals surface area contributed by atoms with Gasteiger partial charge in [0.1, 0.15) is 12.1 Å². The molecule has 128 valence electrons. The van der Waals surface area contributed by atoms with Crippen LogP contribution in [-0.4, -0.2) is 47.3 Å². The molecule has 0 heterocycles. The summed E-state index contributed by atoms with van der Waals surface area (Å²) in [7, 11) is 0. The van der Waals surface area contributed by atoms with Gasteiger partial charge < -0.3 is 15.2 Å². The first-order valence-electron chi connectivity index (χ1n) is 7.27. The lowest BCUT2D eigenvalue weighted by molar-refractivity contribution is -0.117. The van der Waals surface area contributed by atoms with Gasteiger partial charge in [-0.1, -0.05) is 22.0 Å². The first-order chi connectivity index (χ1) is 10.6. The van der Waals surface area contributed by atoms with Crippen LogP contribution in [0, 0.1) is 6.92 Å². The summed E-state index contributed by atoms with van der Waals surface area (Å²) in [6.07, 6.45) is -0.632. The molecular weight excluding hydrogens is 364 g/mol. The van der Waals surface area contributed by atoms with Crippen LogP contribution in [-0.2, 0) is 9.53 Å². The van der Waals surface area contributed by atoms with Crippen molar-refractivity contribution in [2.75, 3.05) is 25.0 Å². The number of ether oxygens (including phenoxy) is 1. The molecule has 1 aromatic rings. The van der Waals surface area contributed by atoms with Crippen molar-refractivity contribution in [2.45, 2.75) is 33.3 Å². The number of anilines is 1. The van der Waals surface area contributed by atoms with Crippen LogP contribution in [0.25, 0.3) is 0 Å². The van der Waals surface area contributed by atoms with Gasteiger partial charge in [-0.05, 0) is 45.4 Å². The van der Waals surface area contributed by atoms with Crippen molar-refractivity contribution in [1.29, 1.82) is 0 Å². The largest absolute Gasteiger partial charge is 0.444 e. The van der Waals surface area contributed by atoms with Gasteiger partial charge >= 0.3 is 6.09 Å². The Bertz CT molecular complexity index is 570. The molecule has 6 nitrogen and oxygen atoms in total. The molecule has 0 aliphatic heterocycles. The number of rotatable bonds is 5. The molecule has 0 aliphatic rings. The Morgan fingerprint density at radius 2 is 2.00 bits per heavy atom. The highest BCUT2D eigenvalue weighted by Crippen LogP contribution is 2.20. The van der Waals surface area contributed by atoms with E-state index in [9.17, 15) is 9.59 Å². The summed E-state index contributed by atoms with van der Waals surface area (Å²) in [5, 5.41) is 11.8. The number of carbonyl (C=O) groups is 2. The molecule has 0 bridgehead atoms. The molecule has 7 heteroatoms. The number of aryl methyl sites for hydroxylation is 1. The fourth-order valence-corrected chi connectivity index (χ4v) is 2.14. The monoisotopic (exact) mass is 386 g/mol. The van der Waals surface area contributed by atoms with Crippen LogP contribution in [0.4, 0.5) is 10.5 Å². The lowest BCUT2D eigenvalue weighted by Crippen LogP contribution is -2.42. The van der Waals surface area contributed by atoms with Crippen LogP contribution < -0.4 is 5.32 Å². The average Bonchev–Trinajstić information content (AvgIpc) is 2.40. The number of benzene rings is 1. The van der Waals surface area contributed by atoms with E-state index in [0.29, 0.717) is 5.69 Å². The number of hydrogen-bond donors (Lipinski definition) is 2. The Kier molecular flexibility index (Phi) is 7.02. The minimum Gasteiger partial charge on any atom is -0.444 e. The number of nitrogens with zero attached hydrogens (tertiary/aromatic N) is 1. The molecular formula is C16H23BrN2O4. The van der Waals surface area contributed by atoms with E-state index in [1.165, 1.54) is 4.90 Å². The minimum absolute atomic E-state index is 0.0276. The summed E-state index contributed by atoms with van der Waals surface area (Å²) in [6.45, 7) is 6.69. The number of carbonyl (C=O) groups excluding carboxylic acids is 2. The molecule has 0 aliphatic carbocycles. The topological polar surface area (TPSA) is 78.9 Å². The number of amides is 2. The third kappa shape index (κ3) is 7.00. The Morgan fingerprint density at radius 3 is 2.57 bits per heavy atom. The van der Waals surface area contributed by atoms with Crippen LogP contribution in [0.1, 0.15) is 26.3 Å². The minimum atomic E-state index is -0.665. The van der Waals surface area contributed by atoms with E-state index in [-0.39, 0.29) is 25.6 Å². The highest BCUT2D eigenvalue weighted by molar-refractivity contribution is 9.10. The number of aliphatic hydroxyl groups is 1. The zero-order valence-corrected chi connectivity index (χ0v) is 15.4. The van der Waals surface area contributed by atoms with Crippen molar-refractivity contribution >= 4 is 33.6 Å². The predicted octanol–water partition coefficient (Wildman–Crippen LogP) is 2.93. The van der Waals surface area contributed by atoms with Gasteiger partial charge in [0.05, 0.1) is 6.61 Å². The normalized spacial score (nSPS) is 11.0. The summed E-state index contributed by atoms with van der Waals surface area (Å²) in [5.41, 5.74) is 0.910. The highest BCUT2D eigenvalue weighted by Gasteiger charge is 2.23. The van der Waals surface area contributed by atoms with Gasteiger partial charge in [-0.15, -0.1) is 0 Å². The van der Waals surface area contributed by atoms with Crippen LogP contribution >= 0.6 is 15.9 Å². The first-order valence-corrected chi connectivity index (χ1v) is 8.06. The molecule has 2 amide bonds. The Balaban J connectivity index is 2.74. The van der Waals surface area contributed by atoms with Crippen molar-refractivity contribution in [2.24, 2.45) is 0 Å². The molecule has 23 heavy (non-hydrogen) atoms. The van der Waals surface area contributed by atoms with E-state index >= 15 is 0 Å². The highest BCUT2D eigenvalue weighted by atomic mass is 79.9. The molecule has 0 fully saturated rings. The summed E-state index contributed by atoms with van der Waals surface area (Å²) >= 11 is 3.35. The van der Waals surface area contributed by atoms with Crippen LogP contribution in [0.3, 0.4) is 0 Å². The van der Waals surface area contributed by atoms with Gasteiger partial charge in [-0.25, -0.2) is 4.79 Å². The fourth-order valence-electron chi connectivity index (χ4n) is 1.77. The molecule has 0 atom stereocenters. The second kappa shape index (κ2) is 8.31. The summed E-state index contributed by atoms with van der Waals surface area (Å²) in [6, 6.07) is 5.54. The zero-order valence-electron chi connectivity index (χ0n) is 13.9. The lowest BCUT2D eigenvalue weighted by Gasteiger charge is -2.26. The standard InChI is InChI=1S/C16H23BrN2O4/c1-11-5-6-12(17)9-13(11)18-14(21)10-19(7-8-20)15(22)23-16(2,3)4/h5-6,9,20H,7-8,10H2,1-4H3,(H,18,21). The fraction of sp³-hybridized carbons (Fsp3) is 0.500. The summed E-state index contributed by atoms with van der Waals surface area (Å²) in [4.78, 5) is 25.4. The summed E-state index contributed by atoms with van der Waals surface area (Å²) in [5.74, 6) is -0.356. The Hall–Kier alpha value is -1.60. The molecule has 2 N–H and O–H groups in total. The number of nitrogens with one attached hydrogen (secondary N) is 1. The van der Waals surface area contributed by atoms with Gasteiger partial charge in [-0.2, -0.15) is 0 Å². The number of halogens is 1. The third-order valence-corrected chi connectivity index (χ3v) is 3.32. The molecule has 0 unspecified atom stereocenters. The van der Waals surface area contributed by atoms with Crippen LogP contribution in [0.2, 0.25) is 0 Å². The maximum absolute atomic E-state index is 12.2. The molecule has 0 saturated carbocycles. The van der Waals surface area contributed by atoms with Crippen molar-refractivity contribution in [3.63, 3.8) is 0 Å². The smallest absolute Gasteiger partial charge is 0.410 e. The van der Waals surface area contributed by atoms with Crippen molar-refractivity contribution < 1.29 is 19.4 Å². The van der Waals surface area contributed by atoms with Gasteiger partial charge in [-0.3, -0.25) is 9.69 Å². The molecule has 0 saturated heterocycles. The summed E-state index contributed by atoms with van der Waals surface area (Å²) < 4.78 is 6.08. The average molecular weight is 387 g/mol. The van der Waals surface area contributed by atoms with E-state index in [1.807, 2.05) is 19.1 Å². The predicted molar refractivity (Wildman–Crippen MR) is 92.4 cm³/mol. The Morgan fingerprint density at radius 1 is 1.35 bits per heavy atom. The van der Waals surface area contributed by atoms with Crippen molar-refractivity contribution in [3.8, 4) is 0 Å². The van der Waals surface area contributed by atoms with Gasteiger partial charge in [0, 0.05) is 16.7 Å². The second-order valence-corrected chi connectivity index (χ2v) is 7.05. The van der Waals surface area contributed by atoms with Crippen LogP contribution in [0.15, 0.2) is 22.7 Å². The quantitative estimate of drug-likeness (QED) is 0.815. The lowest BCUT2D eigenvalue weighted by atomic mass is 10.2. The molecule has 0 radical (unpaired) electrons. The van der Waals surface area contributed by atoms with Gasteiger partial charge in [0.15, 0.2) is 0 Å². The van der Waals surface area contributed by atoms with Crippen molar-refractivity contribution in [1.82, 2.24) is 4.90 Å². The SMILES string of the molecule is Cc1ccc(Br)cc1NC(=O)CN(CCO)C(=O)OC(C)(C)C. The molecule has 0 spiro atoms. The van der Waals surface area contributed by atoms with E-state index in [0.717, 1.165) is 10.0 Å². The van der Waals surface area contributed by atoms with Crippen LogP contribution in [0.5, 0.6) is 0 Å². The van der Waals surface area contributed by atoms with E-state index in [4.69, 9.17) is 9.84 Å². The maximum Gasteiger partial charge on any atom is 0.410 e. The number of aliphatic hydroxyl groups excluding tert-OH is 1. The third-order valence-electron chi connectivity index (χ3n) is 2.83. The maximum atomic E-state index is 12.2. The van der Waals surface area contributed by atoms with Gasteiger partial charge in [0.2, 0.25) is 5.91 Å². The zero-order chi connectivity index (χ0) is 17.6. The number of hydrogen-bond acceptors (Lipinski definition) is 4. The first kappa shape index (κ1) is 19.4. The molecule has 1 rings (SSSR count). The molecule has 0 aromatic heterocycles. The van der Waals surface area contributed by atoms with E-state index < -0.39 is 11.7 Å². The molecule has 1 aromatic carbocycles.